The van der Waals surface area contributed by atoms with E-state index in [9.17, 15) is 14.7 Å². The number of rotatable bonds is 4. The Bertz CT molecular complexity index is 484. The number of aromatic nitrogens is 2. The van der Waals surface area contributed by atoms with E-state index in [0.29, 0.717) is 18.5 Å². The zero-order valence-electron chi connectivity index (χ0n) is 11.7. The second kappa shape index (κ2) is 6.54. The standard InChI is InChI=1S/C14H21N3O3/c1-2-17-9-10(8-15-17)13(18)16-12-7-5-3-4-6-11(12)14(19)20/h8-9,11-12H,2-7H2,1H3,(H,16,18)(H,19,20)/t11-,12-/m1/s1. The summed E-state index contributed by atoms with van der Waals surface area (Å²) in [6.07, 6.45) is 7.47. The Balaban J connectivity index is 2.05. The van der Waals surface area contributed by atoms with Crippen LogP contribution in [0.5, 0.6) is 0 Å². The molecule has 0 aromatic carbocycles. The highest BCUT2D eigenvalue weighted by molar-refractivity contribution is 5.94. The monoisotopic (exact) mass is 279 g/mol. The Morgan fingerprint density at radius 1 is 1.40 bits per heavy atom. The zero-order chi connectivity index (χ0) is 14.5. The molecular formula is C14H21N3O3. The molecule has 6 nitrogen and oxygen atoms in total. The lowest BCUT2D eigenvalue weighted by molar-refractivity contribution is -0.142. The van der Waals surface area contributed by atoms with Gasteiger partial charge in [-0.1, -0.05) is 19.3 Å². The van der Waals surface area contributed by atoms with Crippen molar-refractivity contribution < 1.29 is 14.7 Å². The normalized spacial score (nSPS) is 23.1. The van der Waals surface area contributed by atoms with Gasteiger partial charge in [0, 0.05) is 18.8 Å². The van der Waals surface area contributed by atoms with Gasteiger partial charge >= 0.3 is 5.97 Å². The third-order valence-electron chi connectivity index (χ3n) is 3.87. The summed E-state index contributed by atoms with van der Waals surface area (Å²) in [7, 11) is 0. The molecule has 1 amide bonds. The molecule has 110 valence electrons. The van der Waals surface area contributed by atoms with E-state index < -0.39 is 11.9 Å². The molecule has 0 radical (unpaired) electrons. The van der Waals surface area contributed by atoms with Crippen LogP contribution in [0.4, 0.5) is 0 Å². The zero-order valence-corrected chi connectivity index (χ0v) is 11.7. The summed E-state index contributed by atoms with van der Waals surface area (Å²) in [5.74, 6) is -1.54. The molecule has 2 N–H and O–H groups in total. The minimum absolute atomic E-state index is 0.233. The topological polar surface area (TPSA) is 84.2 Å². The summed E-state index contributed by atoms with van der Waals surface area (Å²) in [6, 6.07) is -0.285. The number of aliphatic carboxylic acids is 1. The molecule has 1 aliphatic carbocycles. The van der Waals surface area contributed by atoms with E-state index in [1.165, 1.54) is 6.20 Å². The van der Waals surface area contributed by atoms with Crippen molar-refractivity contribution in [2.45, 2.75) is 51.6 Å². The number of carbonyl (C=O) groups excluding carboxylic acids is 1. The minimum atomic E-state index is -0.818. The highest BCUT2D eigenvalue weighted by Gasteiger charge is 2.30. The third-order valence-corrected chi connectivity index (χ3v) is 3.87. The van der Waals surface area contributed by atoms with Crippen LogP contribution in [0.3, 0.4) is 0 Å². The summed E-state index contributed by atoms with van der Waals surface area (Å²) in [5, 5.41) is 16.2. The predicted octanol–water partition coefficient (Wildman–Crippen LogP) is 1.67. The van der Waals surface area contributed by atoms with E-state index in [-0.39, 0.29) is 11.9 Å². The van der Waals surface area contributed by atoms with E-state index in [1.807, 2.05) is 6.92 Å². The van der Waals surface area contributed by atoms with Crippen molar-refractivity contribution in [3.63, 3.8) is 0 Å². The number of hydrogen-bond donors (Lipinski definition) is 2. The van der Waals surface area contributed by atoms with E-state index in [2.05, 4.69) is 10.4 Å². The van der Waals surface area contributed by atoms with Gasteiger partial charge in [0.05, 0.1) is 17.7 Å². The summed E-state index contributed by atoms with van der Waals surface area (Å²) >= 11 is 0. The van der Waals surface area contributed by atoms with Crippen molar-refractivity contribution in [2.75, 3.05) is 0 Å². The van der Waals surface area contributed by atoms with Gasteiger partial charge in [0.15, 0.2) is 0 Å². The van der Waals surface area contributed by atoms with E-state index in [4.69, 9.17) is 0 Å². The molecule has 2 atom stereocenters. The molecule has 6 heteroatoms. The predicted molar refractivity (Wildman–Crippen MR) is 73.4 cm³/mol. The van der Waals surface area contributed by atoms with Crippen LogP contribution >= 0.6 is 0 Å². The lowest BCUT2D eigenvalue weighted by Gasteiger charge is -2.22. The fourth-order valence-corrected chi connectivity index (χ4v) is 2.68. The second-order valence-electron chi connectivity index (χ2n) is 5.25. The van der Waals surface area contributed by atoms with Crippen LogP contribution in [0, 0.1) is 5.92 Å². The highest BCUT2D eigenvalue weighted by Crippen LogP contribution is 2.24. The number of aryl methyl sites for hydroxylation is 1. The van der Waals surface area contributed by atoms with Crippen molar-refractivity contribution in [3.05, 3.63) is 18.0 Å². The first-order chi connectivity index (χ1) is 9.61. The molecule has 0 saturated heterocycles. The first-order valence-electron chi connectivity index (χ1n) is 7.18. The summed E-state index contributed by atoms with van der Waals surface area (Å²) in [4.78, 5) is 23.5. The van der Waals surface area contributed by atoms with Crippen molar-refractivity contribution in [1.82, 2.24) is 15.1 Å². The highest BCUT2D eigenvalue weighted by atomic mass is 16.4. The number of nitrogens with zero attached hydrogens (tertiary/aromatic N) is 2. The summed E-state index contributed by atoms with van der Waals surface area (Å²) in [6.45, 7) is 2.65. The average molecular weight is 279 g/mol. The van der Waals surface area contributed by atoms with Gasteiger partial charge in [0.25, 0.3) is 5.91 Å². The van der Waals surface area contributed by atoms with Gasteiger partial charge in [-0.15, -0.1) is 0 Å². The Labute approximate surface area is 118 Å². The van der Waals surface area contributed by atoms with Crippen LogP contribution in [0.25, 0.3) is 0 Å². The van der Waals surface area contributed by atoms with Crippen LogP contribution in [0.1, 0.15) is 49.4 Å². The Kier molecular flexibility index (Phi) is 4.76. The molecule has 1 fully saturated rings. The Hall–Kier alpha value is -1.85. The van der Waals surface area contributed by atoms with Gasteiger partial charge in [0.2, 0.25) is 0 Å². The van der Waals surface area contributed by atoms with Crippen LogP contribution in [-0.2, 0) is 11.3 Å². The molecule has 2 rings (SSSR count). The van der Waals surface area contributed by atoms with Gasteiger partial charge in [-0.3, -0.25) is 14.3 Å². The van der Waals surface area contributed by atoms with Gasteiger partial charge in [-0.25, -0.2) is 0 Å². The first kappa shape index (κ1) is 14.6. The van der Waals surface area contributed by atoms with Crippen LogP contribution < -0.4 is 5.32 Å². The molecule has 0 bridgehead atoms. The van der Waals surface area contributed by atoms with Gasteiger partial charge in [0.1, 0.15) is 0 Å². The maximum absolute atomic E-state index is 12.2. The quantitative estimate of drug-likeness (QED) is 0.821. The molecule has 1 aromatic rings. The van der Waals surface area contributed by atoms with E-state index >= 15 is 0 Å². The van der Waals surface area contributed by atoms with Crippen LogP contribution in [0.2, 0.25) is 0 Å². The molecule has 1 saturated carbocycles. The van der Waals surface area contributed by atoms with E-state index in [1.54, 1.807) is 10.9 Å². The van der Waals surface area contributed by atoms with Crippen LogP contribution in [-0.4, -0.2) is 32.8 Å². The molecular weight excluding hydrogens is 258 g/mol. The molecule has 0 unspecified atom stereocenters. The Morgan fingerprint density at radius 2 is 2.15 bits per heavy atom. The van der Waals surface area contributed by atoms with E-state index in [0.717, 1.165) is 25.7 Å². The lowest BCUT2D eigenvalue weighted by Crippen LogP contribution is -2.42. The van der Waals surface area contributed by atoms with Crippen molar-refractivity contribution in [2.24, 2.45) is 5.92 Å². The largest absolute Gasteiger partial charge is 0.481 e. The smallest absolute Gasteiger partial charge is 0.308 e. The fourth-order valence-electron chi connectivity index (χ4n) is 2.68. The molecule has 1 aliphatic rings. The van der Waals surface area contributed by atoms with Crippen LogP contribution in [0.15, 0.2) is 12.4 Å². The first-order valence-corrected chi connectivity index (χ1v) is 7.18. The molecule has 1 heterocycles. The van der Waals surface area contributed by atoms with Gasteiger partial charge in [-0.2, -0.15) is 5.10 Å². The average Bonchev–Trinajstić information content (AvgIpc) is 2.79. The summed E-state index contributed by atoms with van der Waals surface area (Å²) < 4.78 is 1.68. The molecule has 0 spiro atoms. The third kappa shape index (κ3) is 3.37. The summed E-state index contributed by atoms with van der Waals surface area (Å²) in [5.41, 5.74) is 0.486. The molecule has 0 aliphatic heterocycles. The number of amides is 1. The van der Waals surface area contributed by atoms with Crippen molar-refractivity contribution >= 4 is 11.9 Å². The molecule has 20 heavy (non-hydrogen) atoms. The molecule has 1 aromatic heterocycles. The lowest BCUT2D eigenvalue weighted by atomic mass is 9.94. The number of carboxylic acid groups (broad SMARTS) is 1. The van der Waals surface area contributed by atoms with Gasteiger partial charge < -0.3 is 10.4 Å². The number of nitrogens with one attached hydrogen (secondary N) is 1. The van der Waals surface area contributed by atoms with Gasteiger partial charge in [-0.05, 0) is 19.8 Å². The maximum Gasteiger partial charge on any atom is 0.308 e. The second-order valence-corrected chi connectivity index (χ2v) is 5.25. The maximum atomic E-state index is 12.2. The SMILES string of the molecule is CCn1cc(C(=O)N[C@@H]2CCCCC[C@H]2C(=O)O)cn1. The number of carboxylic acids is 1. The number of hydrogen-bond acceptors (Lipinski definition) is 3. The van der Waals surface area contributed by atoms with Crippen molar-refractivity contribution in [3.8, 4) is 0 Å². The minimum Gasteiger partial charge on any atom is -0.481 e. The van der Waals surface area contributed by atoms with Crippen molar-refractivity contribution in [1.29, 1.82) is 0 Å². The Morgan fingerprint density at radius 3 is 2.80 bits per heavy atom. The number of carbonyl (C=O) groups is 2. The fraction of sp³-hybridized carbons (Fsp3) is 0.643.